The number of nitrogens with one attached hydrogen (secondary N) is 2. The second kappa shape index (κ2) is 5.38. The van der Waals surface area contributed by atoms with Crippen molar-refractivity contribution in [1.82, 2.24) is 24.6 Å². The molecule has 6 saturated carbocycles. The summed E-state index contributed by atoms with van der Waals surface area (Å²) in [5.74, 6) is 4.09. The Labute approximate surface area is 168 Å². The smallest absolute Gasteiger partial charge is 0.184 e. The van der Waals surface area contributed by atoms with Crippen LogP contribution in [0.4, 0.5) is 5.82 Å². The average Bonchev–Trinajstić information content (AvgIpc) is 3.36. The molecule has 4 aromatic rings. The van der Waals surface area contributed by atoms with Gasteiger partial charge in [-0.2, -0.15) is 0 Å². The molecule has 4 heterocycles. The summed E-state index contributed by atoms with van der Waals surface area (Å²) in [5.41, 5.74) is 3.50. The van der Waals surface area contributed by atoms with Crippen LogP contribution in [-0.2, 0) is 0 Å². The van der Waals surface area contributed by atoms with Crippen LogP contribution in [0.5, 0.6) is 0 Å². The summed E-state index contributed by atoms with van der Waals surface area (Å²) in [7, 11) is 0. The number of H-pyrrole nitrogens is 1. The lowest BCUT2D eigenvalue weighted by molar-refractivity contribution is -0.157. The first-order valence-corrected chi connectivity index (χ1v) is 10.8. The highest BCUT2D eigenvalue weighted by atomic mass is 15.3. The minimum atomic E-state index is 0.516. The number of aromatic nitrogens is 5. The number of fused-ring (bicyclic) bond motifs is 2. The molecule has 6 heteroatoms. The summed E-state index contributed by atoms with van der Waals surface area (Å²) >= 11 is 0. The van der Waals surface area contributed by atoms with Crippen LogP contribution in [0.15, 0.2) is 42.9 Å². The fourth-order valence-corrected chi connectivity index (χ4v) is 6.69. The lowest BCUT2D eigenvalue weighted by Gasteiger charge is -2.68. The van der Waals surface area contributed by atoms with E-state index in [0.717, 1.165) is 45.6 Å². The largest absolute Gasteiger partial charge is 0.365 e. The van der Waals surface area contributed by atoms with Crippen LogP contribution in [0.1, 0.15) is 32.6 Å². The van der Waals surface area contributed by atoms with Crippen molar-refractivity contribution in [1.29, 1.82) is 0 Å². The van der Waals surface area contributed by atoms with E-state index in [-0.39, 0.29) is 0 Å². The molecule has 0 unspecified atom stereocenters. The van der Waals surface area contributed by atoms with Gasteiger partial charge in [-0.15, -0.1) is 5.10 Å². The maximum absolute atomic E-state index is 5.02. The number of hydrogen-bond donors (Lipinski definition) is 2. The fourth-order valence-electron chi connectivity index (χ4n) is 6.69. The van der Waals surface area contributed by atoms with Crippen LogP contribution < -0.4 is 5.32 Å². The molecule has 3 bridgehead atoms. The first-order valence-electron chi connectivity index (χ1n) is 10.8. The molecule has 0 aromatic carbocycles. The van der Waals surface area contributed by atoms with Gasteiger partial charge < -0.3 is 10.3 Å². The molecule has 10 rings (SSSR count). The van der Waals surface area contributed by atoms with Crippen molar-refractivity contribution < 1.29 is 0 Å². The van der Waals surface area contributed by atoms with Gasteiger partial charge in [0.15, 0.2) is 11.6 Å². The number of pyridine rings is 1. The SMILES string of the molecule is C[C@@H]1[C@@H](Nc2nc(-c3c[nH]c4ncccc34)nn3cccc23)[C@@H]2CCC13CC2C3. The minimum absolute atomic E-state index is 0.516. The Morgan fingerprint density at radius 2 is 2.17 bits per heavy atom. The predicted octanol–water partition coefficient (Wildman–Crippen LogP) is 4.51. The summed E-state index contributed by atoms with van der Waals surface area (Å²) in [6.45, 7) is 2.46. The summed E-state index contributed by atoms with van der Waals surface area (Å²) in [6, 6.07) is 8.69. The van der Waals surface area contributed by atoms with Crippen LogP contribution in [0.3, 0.4) is 0 Å². The third-order valence-corrected chi connectivity index (χ3v) is 8.27. The van der Waals surface area contributed by atoms with E-state index in [1.54, 1.807) is 6.20 Å². The number of aromatic amines is 1. The summed E-state index contributed by atoms with van der Waals surface area (Å²) in [6.07, 6.45) is 11.5. The molecule has 6 nitrogen and oxygen atoms in total. The third-order valence-electron chi connectivity index (χ3n) is 8.27. The first-order chi connectivity index (χ1) is 14.2. The van der Waals surface area contributed by atoms with Crippen LogP contribution in [0.2, 0.25) is 0 Å². The monoisotopic (exact) mass is 384 g/mol. The molecule has 6 aliphatic carbocycles. The van der Waals surface area contributed by atoms with Gasteiger partial charge in [0.2, 0.25) is 0 Å². The third kappa shape index (κ3) is 2.04. The van der Waals surface area contributed by atoms with E-state index in [2.05, 4.69) is 34.3 Å². The maximum Gasteiger partial charge on any atom is 0.184 e. The highest BCUT2D eigenvalue weighted by Gasteiger charge is 2.63. The standard InChI is InChI=1S/C23H24N6/c1-13-19(15-6-7-23(13)10-14(15)11-23)26-22-18-5-3-9-29(18)28-21(27-22)17-12-25-20-16(17)4-2-8-24-20/h2-5,8-9,12-15,19H,6-7,10-11H2,1H3,(H,24,25)(H,26,27,28)/t13-,14?,15-,19-,23?/m1/s1. The van der Waals surface area contributed by atoms with Gasteiger partial charge in [0.05, 0.1) is 0 Å². The van der Waals surface area contributed by atoms with E-state index in [0.29, 0.717) is 17.4 Å². The number of rotatable bonds is 3. The summed E-state index contributed by atoms with van der Waals surface area (Å²) in [5, 5.41) is 9.74. The lowest BCUT2D eigenvalue weighted by atomic mass is 9.38. The minimum Gasteiger partial charge on any atom is -0.365 e. The summed E-state index contributed by atoms with van der Waals surface area (Å²) < 4.78 is 1.95. The van der Waals surface area contributed by atoms with E-state index >= 15 is 0 Å². The number of hydrogen-bond acceptors (Lipinski definition) is 4. The molecule has 1 spiro atoms. The van der Waals surface area contributed by atoms with Crippen molar-refractivity contribution >= 4 is 22.4 Å². The van der Waals surface area contributed by atoms with Crippen molar-refractivity contribution in [2.45, 2.75) is 38.6 Å². The molecule has 0 saturated heterocycles. The molecule has 6 aliphatic rings. The quantitative estimate of drug-likeness (QED) is 0.545. The maximum atomic E-state index is 5.02. The van der Waals surface area contributed by atoms with Crippen LogP contribution in [0, 0.1) is 23.2 Å². The topological polar surface area (TPSA) is 70.9 Å². The molecular weight excluding hydrogens is 360 g/mol. The molecular formula is C23H24N6. The van der Waals surface area contributed by atoms with E-state index in [4.69, 9.17) is 10.1 Å². The first kappa shape index (κ1) is 16.0. The Balaban J connectivity index is 1.34. The van der Waals surface area contributed by atoms with E-state index in [1.165, 1.54) is 25.7 Å². The summed E-state index contributed by atoms with van der Waals surface area (Å²) in [4.78, 5) is 12.7. The predicted molar refractivity (Wildman–Crippen MR) is 113 cm³/mol. The Bertz CT molecular complexity index is 1240. The molecule has 0 radical (unpaired) electrons. The van der Waals surface area contributed by atoms with Gasteiger partial charge in [-0.05, 0) is 73.1 Å². The van der Waals surface area contributed by atoms with E-state index in [1.807, 2.05) is 29.0 Å². The molecule has 2 N–H and O–H groups in total. The molecule has 3 atom stereocenters. The van der Waals surface area contributed by atoms with Crippen molar-refractivity contribution in [2.75, 3.05) is 5.32 Å². The molecule has 6 fully saturated rings. The van der Waals surface area contributed by atoms with Gasteiger partial charge in [0.25, 0.3) is 0 Å². The van der Waals surface area contributed by atoms with Gasteiger partial charge in [0.1, 0.15) is 11.2 Å². The van der Waals surface area contributed by atoms with Gasteiger partial charge >= 0.3 is 0 Å². The van der Waals surface area contributed by atoms with Crippen LogP contribution >= 0.6 is 0 Å². The Hall–Kier alpha value is -2.89. The van der Waals surface area contributed by atoms with E-state index in [9.17, 15) is 0 Å². The van der Waals surface area contributed by atoms with Gasteiger partial charge in [0, 0.05) is 35.6 Å². The normalized spacial score (nSPS) is 32.6. The Morgan fingerprint density at radius 3 is 3.00 bits per heavy atom. The zero-order valence-electron chi connectivity index (χ0n) is 16.5. The second-order valence-corrected chi connectivity index (χ2v) is 9.42. The van der Waals surface area contributed by atoms with Crippen LogP contribution in [0.25, 0.3) is 27.9 Å². The number of nitrogens with zero attached hydrogens (tertiary/aromatic N) is 4. The van der Waals surface area contributed by atoms with Crippen molar-refractivity contribution in [3.8, 4) is 11.4 Å². The van der Waals surface area contributed by atoms with E-state index < -0.39 is 0 Å². The molecule has 0 amide bonds. The zero-order chi connectivity index (χ0) is 19.2. The molecule has 146 valence electrons. The highest BCUT2D eigenvalue weighted by molar-refractivity contribution is 5.91. The Morgan fingerprint density at radius 1 is 1.24 bits per heavy atom. The molecule has 4 aromatic heterocycles. The van der Waals surface area contributed by atoms with Gasteiger partial charge in [-0.3, -0.25) is 0 Å². The van der Waals surface area contributed by atoms with Crippen molar-refractivity contribution in [2.24, 2.45) is 23.2 Å². The Kier molecular flexibility index (Phi) is 2.96. The second-order valence-electron chi connectivity index (χ2n) is 9.42. The van der Waals surface area contributed by atoms with Crippen molar-refractivity contribution in [3.63, 3.8) is 0 Å². The van der Waals surface area contributed by atoms with Gasteiger partial charge in [-0.25, -0.2) is 14.5 Å². The molecule has 29 heavy (non-hydrogen) atoms. The zero-order valence-corrected chi connectivity index (χ0v) is 16.5. The van der Waals surface area contributed by atoms with Crippen LogP contribution in [-0.4, -0.2) is 30.6 Å². The average molecular weight is 384 g/mol. The lowest BCUT2D eigenvalue weighted by Crippen LogP contribution is -2.64. The van der Waals surface area contributed by atoms with Gasteiger partial charge in [-0.1, -0.05) is 6.92 Å². The highest BCUT2D eigenvalue weighted by Crippen LogP contribution is 2.68. The van der Waals surface area contributed by atoms with Crippen molar-refractivity contribution in [3.05, 3.63) is 42.9 Å². The molecule has 0 aliphatic heterocycles. The fraction of sp³-hybridized carbons (Fsp3) is 0.435. The number of anilines is 1.